The molecule has 3 rings (SSSR count). The number of guanidine groups is 1. The predicted octanol–water partition coefficient (Wildman–Crippen LogP) is 3.17. The highest BCUT2D eigenvalue weighted by atomic mass is 127. The standard InChI is InChI=1S/C20H32N4O.HI/c1-16-5-9-19(10-6-16)24-12-3-4-18(14-24)23-20(21-2)22-11-13-25-15-17-7-8-17;/h5-6,9-10,17-18H,3-4,7-8,11-15H2,1-2H3,(H2,21,22,23);1H. The molecule has 0 radical (unpaired) electrons. The lowest BCUT2D eigenvalue weighted by Crippen LogP contribution is -2.51. The van der Waals surface area contributed by atoms with Crippen molar-refractivity contribution in [3.05, 3.63) is 29.8 Å². The lowest BCUT2D eigenvalue weighted by atomic mass is 10.0. The van der Waals surface area contributed by atoms with E-state index in [1.54, 1.807) is 0 Å². The van der Waals surface area contributed by atoms with Crippen molar-refractivity contribution < 1.29 is 4.74 Å². The Morgan fingerprint density at radius 2 is 2.00 bits per heavy atom. The van der Waals surface area contributed by atoms with Gasteiger partial charge >= 0.3 is 0 Å². The molecule has 6 heteroatoms. The van der Waals surface area contributed by atoms with E-state index < -0.39 is 0 Å². The first-order valence-electron chi connectivity index (χ1n) is 9.61. The molecule has 1 aromatic rings. The fourth-order valence-corrected chi connectivity index (χ4v) is 3.25. The number of hydrogen-bond donors (Lipinski definition) is 2. The van der Waals surface area contributed by atoms with Crippen molar-refractivity contribution >= 4 is 35.6 Å². The highest BCUT2D eigenvalue weighted by Gasteiger charge is 2.22. The van der Waals surface area contributed by atoms with Crippen LogP contribution in [-0.2, 0) is 4.74 Å². The van der Waals surface area contributed by atoms with E-state index in [1.165, 1.54) is 36.9 Å². The summed E-state index contributed by atoms with van der Waals surface area (Å²) in [7, 11) is 1.83. The molecule has 2 fully saturated rings. The number of aliphatic imine (C=N–C) groups is 1. The largest absolute Gasteiger partial charge is 0.379 e. The Hall–Kier alpha value is -1.02. The number of rotatable bonds is 7. The molecule has 0 bridgehead atoms. The molecule has 0 aromatic heterocycles. The van der Waals surface area contributed by atoms with E-state index in [4.69, 9.17) is 4.74 Å². The molecule has 2 aliphatic rings. The maximum Gasteiger partial charge on any atom is 0.191 e. The third kappa shape index (κ3) is 6.95. The number of aryl methyl sites for hydroxylation is 1. The minimum Gasteiger partial charge on any atom is -0.379 e. The first-order valence-corrected chi connectivity index (χ1v) is 9.61. The van der Waals surface area contributed by atoms with Gasteiger partial charge in [-0.3, -0.25) is 4.99 Å². The lowest BCUT2D eigenvalue weighted by Gasteiger charge is -2.35. The topological polar surface area (TPSA) is 48.9 Å². The first kappa shape index (κ1) is 21.3. The van der Waals surface area contributed by atoms with Crippen molar-refractivity contribution in [1.29, 1.82) is 0 Å². The molecule has 146 valence electrons. The quantitative estimate of drug-likeness (QED) is 0.277. The van der Waals surface area contributed by atoms with Gasteiger partial charge in [0.05, 0.1) is 6.61 Å². The third-order valence-electron chi connectivity index (χ3n) is 4.97. The zero-order valence-corrected chi connectivity index (χ0v) is 18.4. The van der Waals surface area contributed by atoms with Crippen molar-refractivity contribution in [2.45, 2.75) is 38.6 Å². The molecule has 26 heavy (non-hydrogen) atoms. The van der Waals surface area contributed by atoms with Crippen molar-refractivity contribution in [1.82, 2.24) is 10.6 Å². The Morgan fingerprint density at radius 1 is 1.23 bits per heavy atom. The summed E-state index contributed by atoms with van der Waals surface area (Å²) in [5, 5.41) is 6.94. The molecule has 2 N–H and O–H groups in total. The van der Waals surface area contributed by atoms with Crippen molar-refractivity contribution in [3.8, 4) is 0 Å². The summed E-state index contributed by atoms with van der Waals surface area (Å²) >= 11 is 0. The van der Waals surface area contributed by atoms with Gasteiger partial charge in [-0.05, 0) is 50.7 Å². The normalized spacial score (nSPS) is 20.5. The van der Waals surface area contributed by atoms with Crippen LogP contribution >= 0.6 is 24.0 Å². The Labute approximate surface area is 175 Å². The highest BCUT2D eigenvalue weighted by molar-refractivity contribution is 14.0. The summed E-state index contributed by atoms with van der Waals surface area (Å²) in [6.07, 6.45) is 5.07. The summed E-state index contributed by atoms with van der Waals surface area (Å²) < 4.78 is 5.67. The van der Waals surface area contributed by atoms with E-state index >= 15 is 0 Å². The summed E-state index contributed by atoms with van der Waals surface area (Å²) in [6, 6.07) is 9.25. The van der Waals surface area contributed by atoms with Crippen molar-refractivity contribution in [2.75, 3.05) is 44.8 Å². The van der Waals surface area contributed by atoms with Crippen LogP contribution in [0.5, 0.6) is 0 Å². The van der Waals surface area contributed by atoms with E-state index in [1.807, 2.05) is 7.05 Å². The Kier molecular flexibility index (Phi) is 8.98. The highest BCUT2D eigenvalue weighted by Crippen LogP contribution is 2.28. The number of halogens is 1. The number of ether oxygens (including phenoxy) is 1. The van der Waals surface area contributed by atoms with Crippen LogP contribution in [0, 0.1) is 12.8 Å². The van der Waals surface area contributed by atoms with Gasteiger partial charge in [0, 0.05) is 45.0 Å². The fraction of sp³-hybridized carbons (Fsp3) is 0.650. The molecule has 1 atom stereocenters. The number of nitrogens with one attached hydrogen (secondary N) is 2. The lowest BCUT2D eigenvalue weighted by molar-refractivity contribution is 0.129. The van der Waals surface area contributed by atoms with Crippen LogP contribution in [0.1, 0.15) is 31.2 Å². The van der Waals surface area contributed by atoms with Gasteiger partial charge in [0.25, 0.3) is 0 Å². The second-order valence-electron chi connectivity index (χ2n) is 7.28. The Morgan fingerprint density at radius 3 is 2.69 bits per heavy atom. The van der Waals surface area contributed by atoms with Gasteiger partial charge in [0.1, 0.15) is 0 Å². The molecular weight excluding hydrogens is 439 g/mol. The Balaban J connectivity index is 0.00000243. The van der Waals surface area contributed by atoms with E-state index in [-0.39, 0.29) is 24.0 Å². The van der Waals surface area contributed by atoms with Gasteiger partial charge < -0.3 is 20.3 Å². The van der Waals surface area contributed by atoms with Crippen LogP contribution in [0.2, 0.25) is 0 Å². The molecular formula is C20H33IN4O. The molecule has 1 aliphatic carbocycles. The smallest absolute Gasteiger partial charge is 0.191 e. The number of nitrogens with zero attached hydrogens (tertiary/aromatic N) is 2. The number of benzene rings is 1. The molecule has 0 amide bonds. The molecule has 1 heterocycles. The molecule has 1 unspecified atom stereocenters. The fourth-order valence-electron chi connectivity index (χ4n) is 3.25. The summed E-state index contributed by atoms with van der Waals surface area (Å²) in [4.78, 5) is 6.82. The minimum atomic E-state index is 0. The number of hydrogen-bond acceptors (Lipinski definition) is 3. The van der Waals surface area contributed by atoms with E-state index in [2.05, 4.69) is 51.7 Å². The van der Waals surface area contributed by atoms with Crippen LogP contribution in [-0.4, -0.2) is 51.9 Å². The van der Waals surface area contributed by atoms with Gasteiger partial charge in [-0.25, -0.2) is 0 Å². The zero-order valence-electron chi connectivity index (χ0n) is 16.0. The maximum atomic E-state index is 5.67. The minimum absolute atomic E-state index is 0. The summed E-state index contributed by atoms with van der Waals surface area (Å²) in [5.41, 5.74) is 2.62. The molecule has 0 spiro atoms. The van der Waals surface area contributed by atoms with E-state index in [0.29, 0.717) is 6.04 Å². The SMILES string of the molecule is CN=C(NCCOCC1CC1)NC1CCCN(c2ccc(C)cc2)C1.I. The third-order valence-corrected chi connectivity index (χ3v) is 4.97. The van der Waals surface area contributed by atoms with Gasteiger partial charge in [-0.1, -0.05) is 17.7 Å². The number of piperidine rings is 1. The molecule has 1 saturated heterocycles. The van der Waals surface area contributed by atoms with Crippen LogP contribution in [0.4, 0.5) is 5.69 Å². The summed E-state index contributed by atoms with van der Waals surface area (Å²) in [6.45, 7) is 6.75. The van der Waals surface area contributed by atoms with E-state index in [9.17, 15) is 0 Å². The second-order valence-corrected chi connectivity index (χ2v) is 7.28. The monoisotopic (exact) mass is 472 g/mol. The average molecular weight is 472 g/mol. The van der Waals surface area contributed by atoms with Crippen molar-refractivity contribution in [3.63, 3.8) is 0 Å². The maximum absolute atomic E-state index is 5.67. The average Bonchev–Trinajstić information content (AvgIpc) is 3.45. The predicted molar refractivity (Wildman–Crippen MR) is 120 cm³/mol. The van der Waals surface area contributed by atoms with Crippen LogP contribution in [0.25, 0.3) is 0 Å². The molecule has 5 nitrogen and oxygen atoms in total. The molecule has 1 aromatic carbocycles. The van der Waals surface area contributed by atoms with E-state index in [0.717, 1.165) is 44.7 Å². The van der Waals surface area contributed by atoms with Crippen LogP contribution in [0.15, 0.2) is 29.3 Å². The first-order chi connectivity index (χ1) is 12.2. The molecule has 1 saturated carbocycles. The van der Waals surface area contributed by atoms with Gasteiger partial charge in [-0.15, -0.1) is 24.0 Å². The van der Waals surface area contributed by atoms with Gasteiger partial charge in [-0.2, -0.15) is 0 Å². The zero-order chi connectivity index (χ0) is 17.5. The Bertz CT molecular complexity index is 559. The van der Waals surface area contributed by atoms with Crippen LogP contribution in [0.3, 0.4) is 0 Å². The molecule has 1 aliphatic heterocycles. The van der Waals surface area contributed by atoms with Gasteiger partial charge in [0.15, 0.2) is 5.96 Å². The number of anilines is 1. The van der Waals surface area contributed by atoms with Crippen molar-refractivity contribution in [2.24, 2.45) is 10.9 Å². The van der Waals surface area contributed by atoms with Crippen LogP contribution < -0.4 is 15.5 Å². The van der Waals surface area contributed by atoms with Gasteiger partial charge in [0.2, 0.25) is 0 Å². The summed E-state index contributed by atoms with van der Waals surface area (Å²) in [5.74, 6) is 1.71. The second kappa shape index (κ2) is 11.0.